The Balaban J connectivity index is 2.51. The standard InChI is InChI=1S/C31H41N3O4/c1-8-10-20-32-28(35)27(25-18-16-23(9-2)17-19-25)34(22(3)4)29(36)26(21-24-14-12-11-13-15-24)33-30(37)38-31(5,6)7/h2,11-19,22,26-27H,8,10,20-21H2,1,3-7H3,(H,32,35)(H,33,37). The fraction of sp³-hybridized carbons (Fsp3) is 0.452. The topological polar surface area (TPSA) is 87.7 Å². The number of unbranched alkanes of at least 4 members (excludes halogenated alkanes) is 1. The average Bonchev–Trinajstić information content (AvgIpc) is 2.86. The van der Waals surface area contributed by atoms with E-state index in [-0.39, 0.29) is 24.3 Å². The van der Waals surface area contributed by atoms with Crippen molar-refractivity contribution in [1.82, 2.24) is 15.5 Å². The molecule has 2 atom stereocenters. The highest BCUT2D eigenvalue weighted by Gasteiger charge is 2.37. The quantitative estimate of drug-likeness (QED) is 0.323. The third kappa shape index (κ3) is 9.26. The van der Waals surface area contributed by atoms with Crippen LogP contribution in [0.25, 0.3) is 0 Å². The number of terminal acetylenes is 1. The first-order valence-corrected chi connectivity index (χ1v) is 13.2. The van der Waals surface area contributed by atoms with Gasteiger partial charge in [-0.25, -0.2) is 4.79 Å². The second-order valence-electron chi connectivity index (χ2n) is 10.5. The molecular formula is C31H41N3O4. The molecule has 0 aromatic heterocycles. The van der Waals surface area contributed by atoms with Crippen LogP contribution >= 0.6 is 0 Å². The molecule has 0 radical (unpaired) electrons. The minimum Gasteiger partial charge on any atom is -0.444 e. The van der Waals surface area contributed by atoms with Gasteiger partial charge in [0.25, 0.3) is 0 Å². The molecule has 7 heteroatoms. The maximum absolute atomic E-state index is 14.2. The predicted octanol–water partition coefficient (Wildman–Crippen LogP) is 5.00. The lowest BCUT2D eigenvalue weighted by Gasteiger charge is -2.37. The maximum Gasteiger partial charge on any atom is 0.408 e. The lowest BCUT2D eigenvalue weighted by molar-refractivity contribution is -0.144. The Labute approximate surface area is 227 Å². The molecule has 0 saturated carbocycles. The van der Waals surface area contributed by atoms with Crippen LogP contribution in [0.15, 0.2) is 54.6 Å². The van der Waals surface area contributed by atoms with Crippen molar-refractivity contribution in [2.24, 2.45) is 0 Å². The molecule has 2 aromatic rings. The molecule has 0 heterocycles. The number of amides is 3. The molecule has 0 spiro atoms. The van der Waals surface area contributed by atoms with Crippen molar-refractivity contribution in [3.8, 4) is 12.3 Å². The van der Waals surface area contributed by atoms with E-state index in [1.165, 1.54) is 4.90 Å². The van der Waals surface area contributed by atoms with Gasteiger partial charge in [-0.3, -0.25) is 9.59 Å². The summed E-state index contributed by atoms with van der Waals surface area (Å²) in [5.74, 6) is 1.91. The number of hydrogen-bond acceptors (Lipinski definition) is 4. The smallest absolute Gasteiger partial charge is 0.408 e. The normalized spacial score (nSPS) is 12.7. The third-order valence-electron chi connectivity index (χ3n) is 5.83. The van der Waals surface area contributed by atoms with Crippen LogP contribution in [0.5, 0.6) is 0 Å². The Hall–Kier alpha value is -3.79. The van der Waals surface area contributed by atoms with E-state index >= 15 is 0 Å². The van der Waals surface area contributed by atoms with E-state index < -0.39 is 23.8 Å². The van der Waals surface area contributed by atoms with Gasteiger partial charge in [-0.1, -0.05) is 61.7 Å². The highest BCUT2D eigenvalue weighted by molar-refractivity contribution is 5.92. The van der Waals surface area contributed by atoms with Crippen molar-refractivity contribution in [3.63, 3.8) is 0 Å². The summed E-state index contributed by atoms with van der Waals surface area (Å²) in [5, 5.41) is 5.74. The Morgan fingerprint density at radius 1 is 1.03 bits per heavy atom. The molecule has 2 N–H and O–H groups in total. The van der Waals surface area contributed by atoms with Crippen LogP contribution in [0.3, 0.4) is 0 Å². The second-order valence-corrected chi connectivity index (χ2v) is 10.5. The number of hydrogen-bond donors (Lipinski definition) is 2. The molecule has 38 heavy (non-hydrogen) atoms. The molecule has 0 aliphatic heterocycles. The van der Waals surface area contributed by atoms with Crippen molar-refractivity contribution in [2.45, 2.75) is 84.5 Å². The molecule has 0 fully saturated rings. The zero-order valence-corrected chi connectivity index (χ0v) is 23.4. The predicted molar refractivity (Wildman–Crippen MR) is 150 cm³/mol. The molecule has 2 rings (SSSR count). The average molecular weight is 520 g/mol. The first-order chi connectivity index (χ1) is 18.0. The van der Waals surface area contributed by atoms with E-state index in [0.29, 0.717) is 17.7 Å². The van der Waals surface area contributed by atoms with E-state index in [1.54, 1.807) is 45.0 Å². The van der Waals surface area contributed by atoms with Crippen LogP contribution in [0.4, 0.5) is 4.79 Å². The van der Waals surface area contributed by atoms with Crippen molar-refractivity contribution >= 4 is 17.9 Å². The van der Waals surface area contributed by atoms with E-state index in [9.17, 15) is 14.4 Å². The van der Waals surface area contributed by atoms with Crippen LogP contribution < -0.4 is 10.6 Å². The highest BCUT2D eigenvalue weighted by Crippen LogP contribution is 2.26. The zero-order chi connectivity index (χ0) is 28.3. The van der Waals surface area contributed by atoms with Gasteiger partial charge in [0.05, 0.1) is 0 Å². The van der Waals surface area contributed by atoms with Gasteiger partial charge in [0.15, 0.2) is 0 Å². The van der Waals surface area contributed by atoms with E-state index in [2.05, 4.69) is 16.6 Å². The number of nitrogens with zero attached hydrogens (tertiary/aromatic N) is 1. The molecule has 3 amide bonds. The van der Waals surface area contributed by atoms with Gasteiger partial charge in [0.2, 0.25) is 11.8 Å². The van der Waals surface area contributed by atoms with E-state index in [4.69, 9.17) is 11.2 Å². The largest absolute Gasteiger partial charge is 0.444 e. The number of carbonyl (C=O) groups excluding carboxylic acids is 3. The van der Waals surface area contributed by atoms with Crippen LogP contribution in [0, 0.1) is 12.3 Å². The van der Waals surface area contributed by atoms with Crippen LogP contribution in [0.1, 0.15) is 77.1 Å². The summed E-state index contributed by atoms with van der Waals surface area (Å²) in [6.07, 6.45) is 6.82. The van der Waals surface area contributed by atoms with Crippen molar-refractivity contribution in [3.05, 3.63) is 71.3 Å². The zero-order valence-electron chi connectivity index (χ0n) is 23.4. The number of rotatable bonds is 11. The van der Waals surface area contributed by atoms with Gasteiger partial charge in [0.1, 0.15) is 17.7 Å². The Bertz CT molecular complexity index is 1100. The summed E-state index contributed by atoms with van der Waals surface area (Å²) >= 11 is 0. The minimum atomic E-state index is -0.953. The molecule has 204 valence electrons. The maximum atomic E-state index is 14.2. The third-order valence-corrected chi connectivity index (χ3v) is 5.83. The Morgan fingerprint density at radius 3 is 2.18 bits per heavy atom. The number of ether oxygens (including phenoxy) is 1. The van der Waals surface area contributed by atoms with Crippen LogP contribution in [-0.4, -0.2) is 47.0 Å². The second kappa shape index (κ2) is 14.2. The lowest BCUT2D eigenvalue weighted by Crippen LogP contribution is -2.55. The van der Waals surface area contributed by atoms with Gasteiger partial charge in [-0.05, 0) is 64.3 Å². The molecule has 2 aromatic carbocycles. The summed E-state index contributed by atoms with van der Waals surface area (Å²) in [6.45, 7) is 11.5. The number of alkyl carbamates (subject to hydrolysis) is 1. The first-order valence-electron chi connectivity index (χ1n) is 13.2. The van der Waals surface area contributed by atoms with Gasteiger partial charge in [-0.2, -0.15) is 0 Å². The molecule has 0 aliphatic rings. The van der Waals surface area contributed by atoms with Crippen molar-refractivity contribution < 1.29 is 19.1 Å². The molecule has 7 nitrogen and oxygen atoms in total. The lowest BCUT2D eigenvalue weighted by atomic mass is 9.98. The summed E-state index contributed by atoms with van der Waals surface area (Å²) in [7, 11) is 0. The molecule has 0 bridgehead atoms. The van der Waals surface area contributed by atoms with Crippen molar-refractivity contribution in [2.75, 3.05) is 6.54 Å². The number of carbonyl (C=O) groups is 3. The summed E-state index contributed by atoms with van der Waals surface area (Å²) in [5.41, 5.74) is 1.45. The van der Waals surface area contributed by atoms with E-state index in [1.807, 2.05) is 51.1 Å². The monoisotopic (exact) mass is 519 g/mol. The summed E-state index contributed by atoms with van der Waals surface area (Å²) in [4.78, 5) is 42.1. The molecule has 2 unspecified atom stereocenters. The fourth-order valence-electron chi connectivity index (χ4n) is 4.04. The summed E-state index contributed by atoms with van der Waals surface area (Å²) < 4.78 is 5.46. The first kappa shape index (κ1) is 30.4. The van der Waals surface area contributed by atoms with Crippen LogP contribution in [0.2, 0.25) is 0 Å². The molecule has 0 aliphatic carbocycles. The number of benzene rings is 2. The van der Waals surface area contributed by atoms with Crippen LogP contribution in [-0.2, 0) is 20.7 Å². The fourth-order valence-corrected chi connectivity index (χ4v) is 4.04. The van der Waals surface area contributed by atoms with Crippen molar-refractivity contribution in [1.29, 1.82) is 0 Å². The van der Waals surface area contributed by atoms with Gasteiger partial charge in [-0.15, -0.1) is 6.42 Å². The Morgan fingerprint density at radius 2 is 1.66 bits per heavy atom. The SMILES string of the molecule is C#Cc1ccc(C(C(=O)NCCCC)N(C(=O)C(Cc2ccccc2)NC(=O)OC(C)(C)C)C(C)C)cc1. The van der Waals surface area contributed by atoms with Gasteiger partial charge >= 0.3 is 6.09 Å². The number of nitrogens with one attached hydrogen (secondary N) is 2. The summed E-state index contributed by atoms with van der Waals surface area (Å²) in [6, 6.07) is 14.3. The molecule has 0 saturated heterocycles. The van der Waals surface area contributed by atoms with E-state index in [0.717, 1.165) is 18.4 Å². The van der Waals surface area contributed by atoms with Gasteiger partial charge in [0, 0.05) is 24.6 Å². The van der Waals surface area contributed by atoms with Gasteiger partial charge < -0.3 is 20.3 Å². The Kier molecular flexibility index (Phi) is 11.4. The molecular weight excluding hydrogens is 478 g/mol. The minimum absolute atomic E-state index is 0.238. The highest BCUT2D eigenvalue weighted by atomic mass is 16.6.